The molecule has 1 aliphatic rings. The molecule has 0 atom stereocenters. The van der Waals surface area contributed by atoms with Crippen molar-refractivity contribution >= 4 is 56.3 Å². The quantitative estimate of drug-likeness (QED) is 0.189. The lowest BCUT2D eigenvalue weighted by Crippen LogP contribution is -2.29. The van der Waals surface area contributed by atoms with Crippen LogP contribution in [-0.4, -0.2) is 35.5 Å². The molecular formula is C28H24N4O4S. The number of imide groups is 1. The van der Waals surface area contributed by atoms with Gasteiger partial charge in [-0.15, -0.1) is 0 Å². The molecule has 1 fully saturated rings. The third-order valence-electron chi connectivity index (χ3n) is 5.82. The van der Waals surface area contributed by atoms with Crippen LogP contribution in [0.4, 0.5) is 10.8 Å². The molecule has 2 heterocycles. The van der Waals surface area contributed by atoms with E-state index in [1.807, 2.05) is 56.3 Å². The number of carbonyl (C=O) groups is 3. The number of aryl methyl sites for hydroxylation is 1. The Morgan fingerprint density at radius 1 is 1.08 bits per heavy atom. The number of rotatable bonds is 7. The van der Waals surface area contributed by atoms with Crippen molar-refractivity contribution in [2.45, 2.75) is 26.7 Å². The Morgan fingerprint density at radius 2 is 1.84 bits per heavy atom. The summed E-state index contributed by atoms with van der Waals surface area (Å²) in [6.45, 7) is 4.49. The summed E-state index contributed by atoms with van der Waals surface area (Å²) in [5.74, 6) is -0.237. The van der Waals surface area contributed by atoms with E-state index in [0.717, 1.165) is 32.0 Å². The molecule has 0 bridgehead atoms. The zero-order valence-electron chi connectivity index (χ0n) is 20.4. The van der Waals surface area contributed by atoms with Crippen molar-refractivity contribution in [1.29, 1.82) is 0 Å². The smallest absolute Gasteiger partial charge is 0.280 e. The molecule has 0 radical (unpaired) electrons. The second-order valence-corrected chi connectivity index (χ2v) is 9.51. The fourth-order valence-electron chi connectivity index (χ4n) is 4.01. The number of ether oxygens (including phenoxy) is 1. The molecule has 0 N–H and O–H groups in total. The van der Waals surface area contributed by atoms with E-state index < -0.39 is 5.91 Å². The monoisotopic (exact) mass is 512 g/mol. The van der Waals surface area contributed by atoms with Gasteiger partial charge in [-0.2, -0.15) is 10.1 Å². The predicted molar refractivity (Wildman–Crippen MR) is 145 cm³/mol. The number of nitrogens with zero attached hydrogens (tertiary/aromatic N) is 4. The first-order valence-electron chi connectivity index (χ1n) is 11.9. The Hall–Kier alpha value is -4.37. The van der Waals surface area contributed by atoms with Gasteiger partial charge in [0.15, 0.2) is 0 Å². The van der Waals surface area contributed by atoms with Crippen LogP contribution in [0.3, 0.4) is 0 Å². The van der Waals surface area contributed by atoms with Crippen LogP contribution in [0.15, 0.2) is 71.8 Å². The molecule has 37 heavy (non-hydrogen) atoms. The van der Waals surface area contributed by atoms with Crippen molar-refractivity contribution in [3.8, 4) is 5.75 Å². The molecule has 4 aromatic rings. The van der Waals surface area contributed by atoms with Crippen LogP contribution in [0.1, 0.15) is 41.3 Å². The van der Waals surface area contributed by atoms with E-state index in [9.17, 15) is 14.4 Å². The second kappa shape index (κ2) is 10.3. The van der Waals surface area contributed by atoms with E-state index in [2.05, 4.69) is 10.1 Å². The van der Waals surface area contributed by atoms with Crippen LogP contribution >= 0.6 is 11.3 Å². The maximum absolute atomic E-state index is 13.8. The minimum absolute atomic E-state index is 0.167. The van der Waals surface area contributed by atoms with Crippen molar-refractivity contribution in [3.63, 3.8) is 0 Å². The lowest BCUT2D eigenvalue weighted by molar-refractivity contribution is -0.121. The minimum atomic E-state index is -0.432. The first-order valence-corrected chi connectivity index (χ1v) is 12.7. The minimum Gasteiger partial charge on any atom is -0.494 e. The highest BCUT2D eigenvalue weighted by molar-refractivity contribution is 7.22. The molecule has 5 rings (SSSR count). The molecule has 0 aliphatic carbocycles. The number of anilines is 2. The van der Waals surface area contributed by atoms with Gasteiger partial charge in [0.2, 0.25) is 16.9 Å². The molecule has 3 amide bonds. The van der Waals surface area contributed by atoms with E-state index >= 15 is 0 Å². The highest BCUT2D eigenvalue weighted by Gasteiger charge is 2.31. The molecule has 0 spiro atoms. The van der Waals surface area contributed by atoms with Gasteiger partial charge < -0.3 is 4.74 Å². The molecule has 0 unspecified atom stereocenters. The van der Waals surface area contributed by atoms with Gasteiger partial charge in [-0.1, -0.05) is 23.5 Å². The van der Waals surface area contributed by atoms with Crippen LogP contribution in [0.2, 0.25) is 0 Å². The Balaban J connectivity index is 1.52. The van der Waals surface area contributed by atoms with Crippen molar-refractivity contribution < 1.29 is 19.1 Å². The zero-order valence-corrected chi connectivity index (χ0v) is 21.2. The summed E-state index contributed by atoms with van der Waals surface area (Å²) in [4.78, 5) is 44.0. The topological polar surface area (TPSA) is 92.2 Å². The normalized spacial score (nSPS) is 13.6. The largest absolute Gasteiger partial charge is 0.494 e. The number of hydrazone groups is 1. The number of hydrogen-bond acceptors (Lipinski definition) is 7. The average molecular weight is 513 g/mol. The predicted octanol–water partition coefficient (Wildman–Crippen LogP) is 5.34. The number of carbonyl (C=O) groups excluding carboxylic acids is 3. The molecule has 8 nitrogen and oxygen atoms in total. The van der Waals surface area contributed by atoms with Gasteiger partial charge >= 0.3 is 0 Å². The maximum Gasteiger partial charge on any atom is 0.280 e. The number of amides is 3. The summed E-state index contributed by atoms with van der Waals surface area (Å²) in [5, 5.41) is 6.17. The first kappa shape index (κ1) is 24.3. The fourth-order valence-corrected chi connectivity index (χ4v) is 5.03. The summed E-state index contributed by atoms with van der Waals surface area (Å²) in [6.07, 6.45) is 1.92. The fraction of sp³-hybridized carbons (Fsp3) is 0.179. The summed E-state index contributed by atoms with van der Waals surface area (Å²) >= 11 is 1.36. The van der Waals surface area contributed by atoms with Gasteiger partial charge in [-0.3, -0.25) is 19.3 Å². The zero-order chi connectivity index (χ0) is 25.9. The molecule has 186 valence electrons. The molecule has 3 aromatic carbocycles. The van der Waals surface area contributed by atoms with E-state index in [-0.39, 0.29) is 30.2 Å². The third-order valence-corrected chi connectivity index (χ3v) is 6.82. The lowest BCUT2D eigenvalue weighted by atomic mass is 10.1. The summed E-state index contributed by atoms with van der Waals surface area (Å²) in [6, 6.07) is 19.7. The number of thiazole rings is 1. The second-order valence-electron chi connectivity index (χ2n) is 8.50. The van der Waals surface area contributed by atoms with Crippen LogP contribution in [0, 0.1) is 6.92 Å². The number of benzene rings is 3. The van der Waals surface area contributed by atoms with Gasteiger partial charge in [0.1, 0.15) is 5.75 Å². The first-order chi connectivity index (χ1) is 17.9. The maximum atomic E-state index is 13.8. The molecular weight excluding hydrogens is 488 g/mol. The van der Waals surface area contributed by atoms with Gasteiger partial charge in [-0.05, 0) is 79.6 Å². The number of fused-ring (bicyclic) bond motifs is 1. The van der Waals surface area contributed by atoms with Crippen LogP contribution in [0.25, 0.3) is 10.2 Å². The summed E-state index contributed by atoms with van der Waals surface area (Å²) in [7, 11) is 0. The van der Waals surface area contributed by atoms with E-state index in [1.165, 1.54) is 16.3 Å². The highest BCUT2D eigenvalue weighted by atomic mass is 32.1. The molecule has 1 aliphatic heterocycles. The molecule has 1 aromatic heterocycles. The van der Waals surface area contributed by atoms with Crippen molar-refractivity contribution in [1.82, 2.24) is 4.98 Å². The van der Waals surface area contributed by atoms with Crippen molar-refractivity contribution in [3.05, 3.63) is 83.4 Å². The van der Waals surface area contributed by atoms with Crippen LogP contribution < -0.4 is 14.6 Å². The summed E-state index contributed by atoms with van der Waals surface area (Å²) < 4.78 is 6.43. The van der Waals surface area contributed by atoms with Gasteiger partial charge in [0.05, 0.1) is 28.7 Å². The lowest BCUT2D eigenvalue weighted by Gasteiger charge is -2.17. The Bertz CT molecular complexity index is 1510. The standard InChI is InChI=1S/C28H24N4O4S/c1-3-36-22-10-8-19(9-11-22)17-29-32(28-30-23-12-7-18(2)15-24(23)37-28)27(35)20-5-4-6-21(16-20)31-25(33)13-14-26(31)34/h4-12,15-17H,3,13-14H2,1-2H3/b29-17+. The number of aromatic nitrogens is 1. The van der Waals surface area contributed by atoms with Gasteiger partial charge in [0.25, 0.3) is 5.91 Å². The van der Waals surface area contributed by atoms with Gasteiger partial charge in [-0.25, -0.2) is 4.98 Å². The van der Waals surface area contributed by atoms with Gasteiger partial charge in [0, 0.05) is 18.4 Å². The summed E-state index contributed by atoms with van der Waals surface area (Å²) in [5.41, 5.74) is 3.28. The van der Waals surface area contributed by atoms with Crippen LogP contribution in [0.5, 0.6) is 5.75 Å². The molecule has 9 heteroatoms. The van der Waals surface area contributed by atoms with E-state index in [4.69, 9.17) is 4.74 Å². The van der Waals surface area contributed by atoms with E-state index in [0.29, 0.717) is 17.4 Å². The number of hydrogen-bond donors (Lipinski definition) is 0. The van der Waals surface area contributed by atoms with Crippen molar-refractivity contribution in [2.75, 3.05) is 16.5 Å². The molecule has 0 saturated carbocycles. The third kappa shape index (κ3) is 5.12. The SMILES string of the molecule is CCOc1ccc(/C=N/N(C(=O)c2cccc(N3C(=O)CCC3=O)c2)c2nc3ccc(C)cc3s2)cc1. The Kier molecular flexibility index (Phi) is 6.78. The van der Waals surface area contributed by atoms with E-state index in [1.54, 1.807) is 30.5 Å². The van der Waals surface area contributed by atoms with Crippen LogP contribution in [-0.2, 0) is 9.59 Å². The average Bonchev–Trinajstić information content (AvgIpc) is 3.47. The Labute approximate surface area is 217 Å². The highest BCUT2D eigenvalue weighted by Crippen LogP contribution is 2.31. The van der Waals surface area contributed by atoms with Crippen molar-refractivity contribution in [2.24, 2.45) is 5.10 Å². The Morgan fingerprint density at radius 3 is 2.57 bits per heavy atom. The molecule has 1 saturated heterocycles.